The average Bonchev–Trinajstić information content (AvgIpc) is 2.52. The zero-order chi connectivity index (χ0) is 12.8. The number of carbonyl (C=O) groups is 1. The standard InChI is InChI=1S/C14H20N2O/c1-8-10-7-9(12(15)14(2,3)4)5-6-11(10)16-13(8)17/h5-8,12H,15H2,1-4H3,(H,16,17). The van der Waals surface area contributed by atoms with Gasteiger partial charge in [0.05, 0.1) is 5.92 Å². The number of benzene rings is 1. The minimum atomic E-state index is -0.0721. The van der Waals surface area contributed by atoms with Crippen molar-refractivity contribution in [2.45, 2.75) is 39.7 Å². The number of nitrogens with two attached hydrogens (primary N) is 1. The van der Waals surface area contributed by atoms with Crippen LogP contribution in [-0.2, 0) is 4.79 Å². The molecule has 3 N–H and O–H groups in total. The minimum Gasteiger partial charge on any atom is -0.325 e. The van der Waals surface area contributed by atoms with Crippen LogP contribution in [0, 0.1) is 5.41 Å². The minimum absolute atomic E-state index is 0.0179. The number of carbonyl (C=O) groups excluding carboxylic acids is 1. The van der Waals surface area contributed by atoms with Crippen LogP contribution >= 0.6 is 0 Å². The number of amides is 1. The summed E-state index contributed by atoms with van der Waals surface area (Å²) in [6, 6.07) is 6.01. The third kappa shape index (κ3) is 2.07. The Labute approximate surface area is 102 Å². The first-order valence-corrected chi connectivity index (χ1v) is 6.01. The summed E-state index contributed by atoms with van der Waals surface area (Å²) in [7, 11) is 0. The molecule has 0 saturated carbocycles. The van der Waals surface area contributed by atoms with E-state index in [2.05, 4.69) is 32.2 Å². The second-order valence-corrected chi connectivity index (χ2v) is 5.90. The number of hydrogen-bond acceptors (Lipinski definition) is 2. The lowest BCUT2D eigenvalue weighted by atomic mass is 9.82. The van der Waals surface area contributed by atoms with Crippen LogP contribution in [-0.4, -0.2) is 5.91 Å². The highest BCUT2D eigenvalue weighted by molar-refractivity contribution is 6.02. The van der Waals surface area contributed by atoms with Crippen LogP contribution in [0.3, 0.4) is 0 Å². The van der Waals surface area contributed by atoms with E-state index in [4.69, 9.17) is 5.73 Å². The van der Waals surface area contributed by atoms with Crippen molar-refractivity contribution in [2.24, 2.45) is 11.1 Å². The van der Waals surface area contributed by atoms with Gasteiger partial charge in [0, 0.05) is 11.7 Å². The lowest BCUT2D eigenvalue weighted by Gasteiger charge is -2.27. The third-order valence-corrected chi connectivity index (χ3v) is 3.49. The molecule has 0 aromatic heterocycles. The Balaban J connectivity index is 2.39. The van der Waals surface area contributed by atoms with E-state index in [1.165, 1.54) is 0 Å². The highest BCUT2D eigenvalue weighted by Gasteiger charge is 2.29. The van der Waals surface area contributed by atoms with Gasteiger partial charge in [-0.15, -0.1) is 0 Å². The SMILES string of the molecule is CC1C(=O)Nc2ccc(C(N)C(C)(C)C)cc21. The average molecular weight is 232 g/mol. The van der Waals surface area contributed by atoms with E-state index in [9.17, 15) is 4.79 Å². The number of nitrogens with one attached hydrogen (secondary N) is 1. The molecule has 3 nitrogen and oxygen atoms in total. The van der Waals surface area contributed by atoms with Crippen molar-refractivity contribution in [3.8, 4) is 0 Å². The number of anilines is 1. The molecule has 0 saturated heterocycles. The van der Waals surface area contributed by atoms with Gasteiger partial charge in [0.25, 0.3) is 0 Å². The van der Waals surface area contributed by atoms with Crippen molar-refractivity contribution < 1.29 is 4.79 Å². The molecule has 1 aromatic rings. The molecule has 1 aliphatic heterocycles. The summed E-state index contributed by atoms with van der Waals surface area (Å²) in [6.07, 6.45) is 0. The molecule has 0 aliphatic carbocycles. The van der Waals surface area contributed by atoms with Crippen molar-refractivity contribution in [3.63, 3.8) is 0 Å². The van der Waals surface area contributed by atoms with Crippen molar-refractivity contribution in [3.05, 3.63) is 29.3 Å². The molecule has 1 amide bonds. The van der Waals surface area contributed by atoms with Gasteiger partial charge in [-0.3, -0.25) is 4.79 Å². The molecule has 0 radical (unpaired) electrons. The van der Waals surface area contributed by atoms with Crippen LogP contribution in [0.25, 0.3) is 0 Å². The Hall–Kier alpha value is -1.35. The number of fused-ring (bicyclic) bond motifs is 1. The van der Waals surface area contributed by atoms with E-state index in [1.807, 2.05) is 19.1 Å². The predicted molar refractivity (Wildman–Crippen MR) is 69.9 cm³/mol. The third-order valence-electron chi connectivity index (χ3n) is 3.49. The smallest absolute Gasteiger partial charge is 0.231 e. The van der Waals surface area contributed by atoms with Crippen LogP contribution in [0.2, 0.25) is 0 Å². The molecule has 2 rings (SSSR count). The first kappa shape index (κ1) is 12.1. The summed E-state index contributed by atoms with van der Waals surface area (Å²) >= 11 is 0. The van der Waals surface area contributed by atoms with Crippen LogP contribution in [0.4, 0.5) is 5.69 Å². The van der Waals surface area contributed by atoms with Gasteiger partial charge in [0.1, 0.15) is 0 Å². The zero-order valence-corrected chi connectivity index (χ0v) is 10.9. The quantitative estimate of drug-likeness (QED) is 0.782. The Morgan fingerprint density at radius 2 is 2.00 bits per heavy atom. The van der Waals surface area contributed by atoms with Gasteiger partial charge < -0.3 is 11.1 Å². The molecule has 1 aromatic carbocycles. The van der Waals surface area contributed by atoms with Gasteiger partial charge in [-0.1, -0.05) is 32.9 Å². The van der Waals surface area contributed by atoms with Gasteiger partial charge in [0.2, 0.25) is 5.91 Å². The fourth-order valence-corrected chi connectivity index (χ4v) is 2.13. The molecule has 0 spiro atoms. The topological polar surface area (TPSA) is 55.1 Å². The molecule has 3 heteroatoms. The second kappa shape index (κ2) is 3.84. The van der Waals surface area contributed by atoms with Gasteiger partial charge in [0.15, 0.2) is 0 Å². The molecule has 17 heavy (non-hydrogen) atoms. The molecule has 0 fully saturated rings. The molecule has 2 unspecified atom stereocenters. The predicted octanol–water partition coefficient (Wildman–Crippen LogP) is 2.79. The normalized spacial score (nSPS) is 21.0. The summed E-state index contributed by atoms with van der Waals surface area (Å²) in [5.41, 5.74) is 9.34. The summed E-state index contributed by atoms with van der Waals surface area (Å²) < 4.78 is 0. The van der Waals surface area contributed by atoms with E-state index in [0.717, 1.165) is 16.8 Å². The fraction of sp³-hybridized carbons (Fsp3) is 0.500. The van der Waals surface area contributed by atoms with Crippen molar-refractivity contribution in [1.82, 2.24) is 0 Å². The Morgan fingerprint density at radius 1 is 1.35 bits per heavy atom. The first-order valence-electron chi connectivity index (χ1n) is 6.01. The van der Waals surface area contributed by atoms with Gasteiger partial charge in [-0.25, -0.2) is 0 Å². The van der Waals surface area contributed by atoms with Crippen LogP contribution < -0.4 is 11.1 Å². The Bertz CT molecular complexity index is 460. The molecule has 0 bridgehead atoms. The van der Waals surface area contributed by atoms with E-state index >= 15 is 0 Å². The second-order valence-electron chi connectivity index (χ2n) is 5.90. The van der Waals surface area contributed by atoms with Crippen LogP contribution in [0.5, 0.6) is 0 Å². The molecule has 1 aliphatic rings. The van der Waals surface area contributed by atoms with Crippen molar-refractivity contribution in [1.29, 1.82) is 0 Å². The molecular weight excluding hydrogens is 212 g/mol. The van der Waals surface area contributed by atoms with Crippen molar-refractivity contribution >= 4 is 11.6 Å². The Morgan fingerprint density at radius 3 is 2.59 bits per heavy atom. The van der Waals surface area contributed by atoms with E-state index in [-0.39, 0.29) is 23.3 Å². The lowest BCUT2D eigenvalue weighted by molar-refractivity contribution is -0.116. The highest BCUT2D eigenvalue weighted by Crippen LogP contribution is 2.37. The fourth-order valence-electron chi connectivity index (χ4n) is 2.13. The maximum absolute atomic E-state index is 11.6. The number of rotatable bonds is 1. The number of hydrogen-bond donors (Lipinski definition) is 2. The van der Waals surface area contributed by atoms with Gasteiger partial charge >= 0.3 is 0 Å². The van der Waals surface area contributed by atoms with Crippen molar-refractivity contribution in [2.75, 3.05) is 5.32 Å². The molecule has 1 heterocycles. The molecule has 92 valence electrons. The highest BCUT2D eigenvalue weighted by atomic mass is 16.2. The summed E-state index contributed by atoms with van der Waals surface area (Å²) in [5.74, 6) is -0.00130. The maximum atomic E-state index is 11.6. The monoisotopic (exact) mass is 232 g/mol. The van der Waals surface area contributed by atoms with E-state index in [1.54, 1.807) is 0 Å². The zero-order valence-electron chi connectivity index (χ0n) is 10.9. The summed E-state index contributed by atoms with van der Waals surface area (Å²) in [5, 5.41) is 2.87. The van der Waals surface area contributed by atoms with Gasteiger partial charge in [-0.05, 0) is 29.5 Å². The van der Waals surface area contributed by atoms with E-state index in [0.29, 0.717) is 0 Å². The lowest BCUT2D eigenvalue weighted by Crippen LogP contribution is -2.26. The molecule has 2 atom stereocenters. The maximum Gasteiger partial charge on any atom is 0.231 e. The summed E-state index contributed by atoms with van der Waals surface area (Å²) in [6.45, 7) is 8.29. The Kier molecular flexibility index (Phi) is 2.74. The van der Waals surface area contributed by atoms with Gasteiger partial charge in [-0.2, -0.15) is 0 Å². The van der Waals surface area contributed by atoms with E-state index < -0.39 is 0 Å². The van der Waals surface area contributed by atoms with Crippen LogP contribution in [0.1, 0.15) is 50.8 Å². The largest absolute Gasteiger partial charge is 0.325 e. The molecular formula is C14H20N2O. The first-order chi connectivity index (χ1) is 7.80. The summed E-state index contributed by atoms with van der Waals surface area (Å²) in [4.78, 5) is 11.6. The van der Waals surface area contributed by atoms with Crippen LogP contribution in [0.15, 0.2) is 18.2 Å².